The predicted molar refractivity (Wildman–Crippen MR) is 124 cm³/mol. The van der Waals surface area contributed by atoms with Crippen LogP contribution >= 0.6 is 35.7 Å². The van der Waals surface area contributed by atoms with Crippen molar-refractivity contribution in [1.29, 1.82) is 0 Å². The van der Waals surface area contributed by atoms with Crippen molar-refractivity contribution < 1.29 is 17.5 Å². The molecule has 1 aromatic rings. The van der Waals surface area contributed by atoms with Crippen molar-refractivity contribution >= 4 is 51.7 Å². The third-order valence-electron chi connectivity index (χ3n) is 3.96. The SMILES string of the molecule is CN=C(NCCS(=O)(=O)N1CCSCC1)NCC(C)Oc1ccccc1F.I. The number of sulfonamides is 1. The minimum Gasteiger partial charge on any atom is -0.486 e. The summed E-state index contributed by atoms with van der Waals surface area (Å²) in [5.74, 6) is 1.96. The Labute approximate surface area is 188 Å². The zero-order valence-corrected chi connectivity index (χ0v) is 20.0. The molecule has 1 unspecified atom stereocenters. The molecule has 0 aliphatic carbocycles. The summed E-state index contributed by atoms with van der Waals surface area (Å²) >= 11 is 1.77. The van der Waals surface area contributed by atoms with Crippen LogP contribution in [0.4, 0.5) is 4.39 Å². The summed E-state index contributed by atoms with van der Waals surface area (Å²) in [6, 6.07) is 6.23. The first-order chi connectivity index (χ1) is 12.9. The number of hydrogen-bond donors (Lipinski definition) is 2. The molecule has 28 heavy (non-hydrogen) atoms. The number of thioether (sulfide) groups is 1. The highest BCUT2D eigenvalue weighted by Crippen LogP contribution is 2.16. The Morgan fingerprint density at radius 1 is 1.32 bits per heavy atom. The van der Waals surface area contributed by atoms with E-state index in [1.54, 1.807) is 41.3 Å². The zero-order chi connectivity index (χ0) is 19.7. The minimum absolute atomic E-state index is 0. The van der Waals surface area contributed by atoms with Gasteiger partial charge in [0.05, 0.1) is 12.3 Å². The van der Waals surface area contributed by atoms with Gasteiger partial charge in [-0.25, -0.2) is 17.1 Å². The fraction of sp³-hybridized carbons (Fsp3) is 0.588. The third-order valence-corrected chi connectivity index (χ3v) is 6.78. The lowest BCUT2D eigenvalue weighted by Crippen LogP contribution is -2.45. The number of guanidine groups is 1. The summed E-state index contributed by atoms with van der Waals surface area (Å²) in [4.78, 5) is 4.07. The van der Waals surface area contributed by atoms with E-state index in [-0.39, 0.29) is 48.1 Å². The maximum absolute atomic E-state index is 13.6. The van der Waals surface area contributed by atoms with Crippen molar-refractivity contribution in [2.45, 2.75) is 13.0 Å². The summed E-state index contributed by atoms with van der Waals surface area (Å²) in [5, 5.41) is 6.05. The largest absolute Gasteiger partial charge is 0.486 e. The van der Waals surface area contributed by atoms with Gasteiger partial charge in [0.1, 0.15) is 6.10 Å². The summed E-state index contributed by atoms with van der Waals surface area (Å²) in [5.41, 5.74) is 0. The fourth-order valence-corrected chi connectivity index (χ4v) is 5.00. The van der Waals surface area contributed by atoms with Crippen LogP contribution in [0.3, 0.4) is 0 Å². The highest BCUT2D eigenvalue weighted by atomic mass is 127. The molecule has 1 aliphatic rings. The molecule has 0 radical (unpaired) electrons. The number of benzene rings is 1. The molecule has 1 saturated heterocycles. The number of para-hydroxylation sites is 1. The van der Waals surface area contributed by atoms with E-state index in [0.29, 0.717) is 25.6 Å². The number of rotatable bonds is 8. The van der Waals surface area contributed by atoms with Crippen LogP contribution in [-0.4, -0.2) is 75.3 Å². The number of ether oxygens (including phenoxy) is 1. The maximum Gasteiger partial charge on any atom is 0.215 e. The number of nitrogens with zero attached hydrogens (tertiary/aromatic N) is 2. The number of hydrogen-bond acceptors (Lipinski definition) is 5. The second kappa shape index (κ2) is 12.7. The zero-order valence-electron chi connectivity index (χ0n) is 16.1. The van der Waals surface area contributed by atoms with Gasteiger partial charge in [-0.15, -0.1) is 24.0 Å². The van der Waals surface area contributed by atoms with Crippen LogP contribution in [0.15, 0.2) is 29.3 Å². The average molecular weight is 546 g/mol. The van der Waals surface area contributed by atoms with Crippen LogP contribution in [0.25, 0.3) is 0 Å². The van der Waals surface area contributed by atoms with Crippen LogP contribution in [0.1, 0.15) is 6.92 Å². The van der Waals surface area contributed by atoms with Gasteiger partial charge in [-0.1, -0.05) is 12.1 Å². The fourth-order valence-electron chi connectivity index (χ4n) is 2.51. The lowest BCUT2D eigenvalue weighted by molar-refractivity contribution is 0.214. The molecule has 160 valence electrons. The van der Waals surface area contributed by atoms with Crippen LogP contribution in [-0.2, 0) is 10.0 Å². The summed E-state index contributed by atoms with van der Waals surface area (Å²) in [6.45, 7) is 3.61. The Balaban J connectivity index is 0.00000392. The van der Waals surface area contributed by atoms with E-state index in [4.69, 9.17) is 4.74 Å². The second-order valence-corrected chi connectivity index (χ2v) is 9.38. The Morgan fingerprint density at radius 3 is 2.64 bits per heavy atom. The molecule has 1 fully saturated rings. The normalized spacial score (nSPS) is 16.8. The van der Waals surface area contributed by atoms with Crippen molar-refractivity contribution in [1.82, 2.24) is 14.9 Å². The Kier molecular flexibility index (Phi) is 11.5. The Bertz CT molecular complexity index is 731. The molecule has 0 amide bonds. The molecule has 1 atom stereocenters. The second-order valence-electron chi connectivity index (χ2n) is 6.07. The third kappa shape index (κ3) is 8.29. The van der Waals surface area contributed by atoms with Gasteiger partial charge in [-0.3, -0.25) is 4.99 Å². The van der Waals surface area contributed by atoms with Crippen molar-refractivity contribution in [3.63, 3.8) is 0 Å². The predicted octanol–water partition coefficient (Wildman–Crippen LogP) is 1.75. The topological polar surface area (TPSA) is 83.0 Å². The molecule has 1 aromatic carbocycles. The van der Waals surface area contributed by atoms with Gasteiger partial charge < -0.3 is 15.4 Å². The summed E-state index contributed by atoms with van der Waals surface area (Å²) in [7, 11) is -1.65. The molecule has 0 bridgehead atoms. The van der Waals surface area contributed by atoms with Crippen LogP contribution < -0.4 is 15.4 Å². The molecule has 1 heterocycles. The van der Waals surface area contributed by atoms with E-state index in [0.717, 1.165) is 11.5 Å². The molecule has 2 rings (SSSR count). The van der Waals surface area contributed by atoms with Gasteiger partial charge in [0.25, 0.3) is 0 Å². The van der Waals surface area contributed by atoms with E-state index >= 15 is 0 Å². The van der Waals surface area contributed by atoms with Crippen LogP contribution in [0.5, 0.6) is 5.75 Å². The van der Waals surface area contributed by atoms with E-state index in [2.05, 4.69) is 15.6 Å². The Morgan fingerprint density at radius 2 is 2.00 bits per heavy atom. The molecule has 7 nitrogen and oxygen atoms in total. The molecular weight excluding hydrogens is 518 g/mol. The first-order valence-corrected chi connectivity index (χ1v) is 11.6. The van der Waals surface area contributed by atoms with Crippen molar-refractivity contribution in [2.75, 3.05) is 50.5 Å². The van der Waals surface area contributed by atoms with Gasteiger partial charge >= 0.3 is 0 Å². The average Bonchev–Trinajstić information content (AvgIpc) is 2.67. The lowest BCUT2D eigenvalue weighted by Gasteiger charge is -2.25. The number of halogens is 2. The minimum atomic E-state index is -3.26. The number of aliphatic imine (C=N–C) groups is 1. The molecule has 0 saturated carbocycles. The number of nitrogens with one attached hydrogen (secondary N) is 2. The van der Waals surface area contributed by atoms with Gasteiger partial charge in [-0.05, 0) is 19.1 Å². The highest BCUT2D eigenvalue weighted by molar-refractivity contribution is 14.0. The smallest absolute Gasteiger partial charge is 0.215 e. The standard InChI is InChI=1S/C17H27FN4O3S2.HI/c1-14(25-16-6-4-3-5-15(16)18)13-21-17(19-2)20-7-12-27(23,24)22-8-10-26-11-9-22;/h3-6,14H,7-13H2,1-2H3,(H2,19,20,21);1H. The lowest BCUT2D eigenvalue weighted by atomic mass is 10.3. The molecule has 1 aliphatic heterocycles. The Hall–Kier alpha value is -0.790. The molecule has 2 N–H and O–H groups in total. The van der Waals surface area contributed by atoms with Gasteiger partial charge in [0, 0.05) is 38.2 Å². The van der Waals surface area contributed by atoms with Gasteiger partial charge in [0.15, 0.2) is 17.5 Å². The van der Waals surface area contributed by atoms with Gasteiger partial charge in [-0.2, -0.15) is 11.8 Å². The first-order valence-electron chi connectivity index (χ1n) is 8.83. The molecule has 11 heteroatoms. The van der Waals surface area contributed by atoms with Crippen LogP contribution in [0, 0.1) is 5.82 Å². The van der Waals surface area contributed by atoms with E-state index in [1.165, 1.54) is 6.07 Å². The van der Waals surface area contributed by atoms with E-state index in [9.17, 15) is 12.8 Å². The maximum atomic E-state index is 13.6. The first kappa shape index (κ1) is 25.2. The monoisotopic (exact) mass is 546 g/mol. The van der Waals surface area contributed by atoms with Gasteiger partial charge in [0.2, 0.25) is 10.0 Å². The quantitative estimate of drug-likeness (QED) is 0.294. The van der Waals surface area contributed by atoms with Crippen molar-refractivity contribution in [3.8, 4) is 5.75 Å². The molecular formula is C17H28FIN4O3S2. The highest BCUT2D eigenvalue weighted by Gasteiger charge is 2.23. The van der Waals surface area contributed by atoms with E-state index < -0.39 is 15.8 Å². The van der Waals surface area contributed by atoms with Crippen molar-refractivity contribution in [2.24, 2.45) is 4.99 Å². The van der Waals surface area contributed by atoms with E-state index in [1.807, 2.05) is 6.92 Å². The van der Waals surface area contributed by atoms with Crippen LogP contribution in [0.2, 0.25) is 0 Å². The summed E-state index contributed by atoms with van der Waals surface area (Å²) < 4.78 is 45.3. The molecule has 0 spiro atoms. The van der Waals surface area contributed by atoms with Crippen molar-refractivity contribution in [3.05, 3.63) is 30.1 Å². The summed E-state index contributed by atoms with van der Waals surface area (Å²) in [6.07, 6.45) is -0.296. The molecule has 0 aromatic heterocycles.